The number of sulfonamides is 1. The number of nitrogens with zero attached hydrogens (tertiary/aromatic N) is 1. The summed E-state index contributed by atoms with van der Waals surface area (Å²) in [5, 5.41) is 0. The summed E-state index contributed by atoms with van der Waals surface area (Å²) in [6.45, 7) is 9.00. The molecule has 0 aliphatic heterocycles. The molecule has 1 aromatic rings. The van der Waals surface area contributed by atoms with Gasteiger partial charge in [-0.2, -0.15) is 4.31 Å². The molecule has 1 aromatic carbocycles. The molecular weight excluding hydrogens is 260 g/mol. The Bertz CT molecular complexity index is 526. The standard InChI is InChI=1S/C14H24N2O2S/c1-5-16(10-12(3)9-15)19(17,18)14-7-6-11(2)8-13(14)4/h6-8,12H,5,9-10,15H2,1-4H3. The van der Waals surface area contributed by atoms with Crippen molar-refractivity contribution in [1.29, 1.82) is 0 Å². The normalized spacial score (nSPS) is 13.8. The van der Waals surface area contributed by atoms with Gasteiger partial charge in [-0.25, -0.2) is 8.42 Å². The third-order valence-corrected chi connectivity index (χ3v) is 5.32. The summed E-state index contributed by atoms with van der Waals surface area (Å²) < 4.78 is 26.8. The summed E-state index contributed by atoms with van der Waals surface area (Å²) in [6, 6.07) is 5.42. The van der Waals surface area contributed by atoms with Gasteiger partial charge in [-0.1, -0.05) is 31.5 Å². The van der Waals surface area contributed by atoms with E-state index in [9.17, 15) is 8.42 Å². The zero-order valence-corrected chi connectivity index (χ0v) is 13.0. The van der Waals surface area contributed by atoms with Crippen LogP contribution in [0.1, 0.15) is 25.0 Å². The smallest absolute Gasteiger partial charge is 0.243 e. The van der Waals surface area contributed by atoms with Crippen molar-refractivity contribution in [2.75, 3.05) is 19.6 Å². The maximum atomic E-state index is 12.6. The van der Waals surface area contributed by atoms with E-state index in [-0.39, 0.29) is 5.92 Å². The summed E-state index contributed by atoms with van der Waals surface area (Å²) in [4.78, 5) is 0.393. The first-order valence-electron chi connectivity index (χ1n) is 6.60. The second-order valence-electron chi connectivity index (χ2n) is 5.07. The monoisotopic (exact) mass is 284 g/mol. The van der Waals surface area contributed by atoms with E-state index in [1.165, 1.54) is 4.31 Å². The first-order chi connectivity index (χ1) is 8.82. The quantitative estimate of drug-likeness (QED) is 0.868. The molecule has 0 saturated heterocycles. The van der Waals surface area contributed by atoms with Crippen LogP contribution in [0.2, 0.25) is 0 Å². The Balaban J connectivity index is 3.13. The molecule has 1 unspecified atom stereocenters. The number of rotatable bonds is 6. The van der Waals surface area contributed by atoms with Gasteiger partial charge >= 0.3 is 0 Å². The van der Waals surface area contributed by atoms with Gasteiger partial charge in [0.1, 0.15) is 0 Å². The van der Waals surface area contributed by atoms with Crippen molar-refractivity contribution in [2.45, 2.75) is 32.6 Å². The van der Waals surface area contributed by atoms with Gasteiger partial charge in [0.05, 0.1) is 4.90 Å². The van der Waals surface area contributed by atoms with E-state index in [0.29, 0.717) is 24.5 Å². The lowest BCUT2D eigenvalue weighted by Gasteiger charge is -2.24. The Labute approximate surface area is 116 Å². The van der Waals surface area contributed by atoms with Crippen LogP contribution < -0.4 is 5.73 Å². The van der Waals surface area contributed by atoms with Gasteiger partial charge in [0, 0.05) is 13.1 Å². The van der Waals surface area contributed by atoms with E-state index in [1.807, 2.05) is 39.8 Å². The molecular formula is C14H24N2O2S. The number of hydrogen-bond acceptors (Lipinski definition) is 3. The van der Waals surface area contributed by atoms with Crippen LogP contribution in [0.3, 0.4) is 0 Å². The fourth-order valence-electron chi connectivity index (χ4n) is 2.05. The lowest BCUT2D eigenvalue weighted by atomic mass is 10.2. The minimum Gasteiger partial charge on any atom is -0.330 e. The van der Waals surface area contributed by atoms with Crippen molar-refractivity contribution in [3.05, 3.63) is 29.3 Å². The van der Waals surface area contributed by atoms with Crippen LogP contribution in [-0.2, 0) is 10.0 Å². The first-order valence-corrected chi connectivity index (χ1v) is 8.04. The van der Waals surface area contributed by atoms with E-state index in [2.05, 4.69) is 0 Å². The molecule has 0 fully saturated rings. The van der Waals surface area contributed by atoms with Crippen LogP contribution in [0.25, 0.3) is 0 Å². The predicted molar refractivity (Wildman–Crippen MR) is 78.6 cm³/mol. The van der Waals surface area contributed by atoms with Crippen molar-refractivity contribution in [2.24, 2.45) is 11.7 Å². The molecule has 0 bridgehead atoms. The highest BCUT2D eigenvalue weighted by molar-refractivity contribution is 7.89. The van der Waals surface area contributed by atoms with Crippen molar-refractivity contribution in [1.82, 2.24) is 4.31 Å². The Morgan fingerprint density at radius 3 is 2.42 bits per heavy atom. The molecule has 0 saturated carbocycles. The summed E-state index contributed by atoms with van der Waals surface area (Å²) in [5.41, 5.74) is 7.44. The Kier molecular flexibility index (Phi) is 5.52. The van der Waals surface area contributed by atoms with Gasteiger partial charge < -0.3 is 5.73 Å². The summed E-state index contributed by atoms with van der Waals surface area (Å²) in [5.74, 6) is 0.153. The highest BCUT2D eigenvalue weighted by Gasteiger charge is 2.25. The molecule has 0 amide bonds. The molecule has 0 heterocycles. The maximum Gasteiger partial charge on any atom is 0.243 e. The molecule has 2 N–H and O–H groups in total. The van der Waals surface area contributed by atoms with Crippen molar-refractivity contribution in [3.63, 3.8) is 0 Å². The van der Waals surface area contributed by atoms with Crippen molar-refractivity contribution >= 4 is 10.0 Å². The summed E-state index contributed by atoms with van der Waals surface area (Å²) in [7, 11) is -3.43. The average Bonchev–Trinajstić information content (AvgIpc) is 2.34. The lowest BCUT2D eigenvalue weighted by Crippen LogP contribution is -2.36. The van der Waals surface area contributed by atoms with Crippen LogP contribution in [0.15, 0.2) is 23.1 Å². The number of benzene rings is 1. The second kappa shape index (κ2) is 6.50. The van der Waals surface area contributed by atoms with Crippen LogP contribution in [0.5, 0.6) is 0 Å². The van der Waals surface area contributed by atoms with Crippen LogP contribution in [0.4, 0.5) is 0 Å². The Morgan fingerprint density at radius 2 is 1.95 bits per heavy atom. The fourth-order valence-corrected chi connectivity index (χ4v) is 3.82. The Hall–Kier alpha value is -0.910. The molecule has 1 atom stereocenters. The predicted octanol–water partition coefficient (Wildman–Crippen LogP) is 1.91. The van der Waals surface area contributed by atoms with Crippen molar-refractivity contribution in [3.8, 4) is 0 Å². The zero-order chi connectivity index (χ0) is 14.6. The maximum absolute atomic E-state index is 12.6. The van der Waals surface area contributed by atoms with Gasteiger partial charge in [-0.15, -0.1) is 0 Å². The second-order valence-corrected chi connectivity index (χ2v) is 6.97. The van der Waals surface area contributed by atoms with Crippen LogP contribution in [0, 0.1) is 19.8 Å². The third kappa shape index (κ3) is 3.78. The molecule has 5 heteroatoms. The van der Waals surface area contributed by atoms with Gasteiger partial charge in [-0.05, 0) is 37.9 Å². The number of nitrogens with two attached hydrogens (primary N) is 1. The van der Waals surface area contributed by atoms with Crippen LogP contribution >= 0.6 is 0 Å². The topological polar surface area (TPSA) is 63.4 Å². The molecule has 0 spiro atoms. The fraction of sp³-hybridized carbons (Fsp3) is 0.571. The highest BCUT2D eigenvalue weighted by Crippen LogP contribution is 2.21. The molecule has 0 aliphatic rings. The number of aryl methyl sites for hydroxylation is 2. The third-order valence-electron chi connectivity index (χ3n) is 3.22. The summed E-state index contributed by atoms with van der Waals surface area (Å²) >= 11 is 0. The molecule has 19 heavy (non-hydrogen) atoms. The molecule has 1 rings (SSSR count). The van der Waals surface area contributed by atoms with Gasteiger partial charge in [0.2, 0.25) is 10.0 Å². The number of hydrogen-bond donors (Lipinski definition) is 1. The van der Waals surface area contributed by atoms with Crippen molar-refractivity contribution < 1.29 is 8.42 Å². The van der Waals surface area contributed by atoms with Gasteiger partial charge in [0.15, 0.2) is 0 Å². The SMILES string of the molecule is CCN(CC(C)CN)S(=O)(=O)c1ccc(C)cc1C. The first kappa shape index (κ1) is 16.1. The lowest BCUT2D eigenvalue weighted by molar-refractivity contribution is 0.371. The molecule has 0 aliphatic carbocycles. The highest BCUT2D eigenvalue weighted by atomic mass is 32.2. The Morgan fingerprint density at radius 1 is 1.32 bits per heavy atom. The van der Waals surface area contributed by atoms with E-state index in [1.54, 1.807) is 6.07 Å². The molecule has 0 radical (unpaired) electrons. The van der Waals surface area contributed by atoms with Gasteiger partial charge in [-0.3, -0.25) is 0 Å². The minimum absolute atomic E-state index is 0.153. The largest absolute Gasteiger partial charge is 0.330 e. The summed E-state index contributed by atoms with van der Waals surface area (Å²) in [6.07, 6.45) is 0. The molecule has 108 valence electrons. The minimum atomic E-state index is -3.43. The van der Waals surface area contributed by atoms with E-state index in [0.717, 1.165) is 11.1 Å². The van der Waals surface area contributed by atoms with E-state index >= 15 is 0 Å². The average molecular weight is 284 g/mol. The van der Waals surface area contributed by atoms with E-state index < -0.39 is 10.0 Å². The molecule has 4 nitrogen and oxygen atoms in total. The zero-order valence-electron chi connectivity index (χ0n) is 12.2. The van der Waals surface area contributed by atoms with Crippen LogP contribution in [-0.4, -0.2) is 32.4 Å². The van der Waals surface area contributed by atoms with Gasteiger partial charge in [0.25, 0.3) is 0 Å². The molecule has 0 aromatic heterocycles. The van der Waals surface area contributed by atoms with E-state index in [4.69, 9.17) is 5.73 Å².